The highest BCUT2D eigenvalue weighted by atomic mass is 32.1. The summed E-state index contributed by atoms with van der Waals surface area (Å²) in [5.74, 6) is -1.06. The Balaban J connectivity index is 1.57. The molecular weight excluding hydrogens is 298 g/mol. The summed E-state index contributed by atoms with van der Waals surface area (Å²) in [7, 11) is 0. The zero-order chi connectivity index (χ0) is 15.1. The number of carboxylic acid groups (broad SMARTS) is 1. The van der Waals surface area contributed by atoms with Crippen LogP contribution >= 0.6 is 11.3 Å². The molecule has 4 heterocycles. The molecule has 0 aromatic carbocycles. The average molecular weight is 312 g/mol. The van der Waals surface area contributed by atoms with Gasteiger partial charge in [0.15, 0.2) is 0 Å². The van der Waals surface area contributed by atoms with Crippen LogP contribution in [-0.2, 0) is 19.5 Å². The summed E-state index contributed by atoms with van der Waals surface area (Å²) >= 11 is 1.52. The van der Waals surface area contributed by atoms with Crippen molar-refractivity contribution in [2.45, 2.75) is 19.5 Å². The highest BCUT2D eigenvalue weighted by molar-refractivity contribution is 7.10. The molecule has 0 radical (unpaired) electrons. The minimum absolute atomic E-state index is 0.370. The maximum Gasteiger partial charge on any atom is 0.136 e. The van der Waals surface area contributed by atoms with Gasteiger partial charge in [-0.05, 0) is 24.1 Å². The number of carbonyl (C=O) groups is 1. The first-order valence-corrected chi connectivity index (χ1v) is 8.04. The number of carboxylic acids is 1. The normalized spacial score (nSPS) is 15.1. The van der Waals surface area contributed by atoms with Crippen molar-refractivity contribution in [2.24, 2.45) is 0 Å². The van der Waals surface area contributed by atoms with Gasteiger partial charge in [0.2, 0.25) is 0 Å². The van der Waals surface area contributed by atoms with Crippen molar-refractivity contribution in [1.82, 2.24) is 14.3 Å². The number of pyridine rings is 1. The minimum atomic E-state index is -1.06. The fourth-order valence-corrected chi connectivity index (χ4v) is 4.13. The SMILES string of the molecule is O=C([O-])c1csc2c1CCN(Cc1cnc3ccccn13)C2. The van der Waals surface area contributed by atoms with E-state index in [1.54, 1.807) is 5.38 Å². The third-order valence-electron chi connectivity index (χ3n) is 4.13. The number of hydrogen-bond acceptors (Lipinski definition) is 5. The van der Waals surface area contributed by atoms with Crippen LogP contribution < -0.4 is 5.11 Å². The molecule has 22 heavy (non-hydrogen) atoms. The molecule has 1 aliphatic rings. The third kappa shape index (κ3) is 2.20. The molecule has 5 nitrogen and oxygen atoms in total. The van der Waals surface area contributed by atoms with Crippen molar-refractivity contribution >= 4 is 23.0 Å². The number of imidazole rings is 1. The van der Waals surface area contributed by atoms with E-state index in [2.05, 4.69) is 14.3 Å². The van der Waals surface area contributed by atoms with Gasteiger partial charge in [0.25, 0.3) is 0 Å². The summed E-state index contributed by atoms with van der Waals surface area (Å²) in [6.45, 7) is 2.45. The molecule has 3 aromatic heterocycles. The Morgan fingerprint density at radius 3 is 3.18 bits per heavy atom. The van der Waals surface area contributed by atoms with E-state index in [1.807, 2.05) is 30.6 Å². The van der Waals surface area contributed by atoms with Gasteiger partial charge in [-0.25, -0.2) is 4.98 Å². The second-order valence-corrected chi connectivity index (χ2v) is 6.44. The van der Waals surface area contributed by atoms with Gasteiger partial charge < -0.3 is 14.3 Å². The Bertz CT molecular complexity index is 852. The molecule has 0 N–H and O–H groups in total. The highest BCUT2D eigenvalue weighted by Gasteiger charge is 2.21. The Labute approximate surface area is 131 Å². The van der Waals surface area contributed by atoms with Crippen LogP contribution in [0.4, 0.5) is 0 Å². The first-order valence-electron chi connectivity index (χ1n) is 7.16. The molecule has 4 rings (SSSR count). The lowest BCUT2D eigenvalue weighted by molar-refractivity contribution is -0.255. The molecule has 0 amide bonds. The first-order chi connectivity index (χ1) is 10.7. The van der Waals surface area contributed by atoms with E-state index >= 15 is 0 Å². The fourth-order valence-electron chi connectivity index (χ4n) is 3.02. The summed E-state index contributed by atoms with van der Waals surface area (Å²) in [4.78, 5) is 19.0. The second kappa shape index (κ2) is 5.23. The van der Waals surface area contributed by atoms with Gasteiger partial charge in [0.05, 0.1) is 17.9 Å². The van der Waals surface area contributed by atoms with Crippen molar-refractivity contribution in [3.63, 3.8) is 0 Å². The predicted octanol–water partition coefficient (Wildman–Crippen LogP) is 1.32. The molecule has 0 atom stereocenters. The molecule has 0 unspecified atom stereocenters. The van der Waals surface area contributed by atoms with Gasteiger partial charge in [-0.2, -0.15) is 0 Å². The molecule has 0 aliphatic carbocycles. The van der Waals surface area contributed by atoms with E-state index in [1.165, 1.54) is 11.3 Å². The average Bonchev–Trinajstić information content (AvgIpc) is 3.11. The summed E-state index contributed by atoms with van der Waals surface area (Å²) in [6.07, 6.45) is 4.69. The monoisotopic (exact) mass is 312 g/mol. The predicted molar refractivity (Wildman–Crippen MR) is 81.7 cm³/mol. The van der Waals surface area contributed by atoms with E-state index in [9.17, 15) is 9.90 Å². The molecule has 0 saturated carbocycles. The maximum absolute atomic E-state index is 11.1. The number of aromatic carboxylic acids is 1. The second-order valence-electron chi connectivity index (χ2n) is 5.48. The topological polar surface area (TPSA) is 60.7 Å². The third-order valence-corrected chi connectivity index (χ3v) is 5.14. The van der Waals surface area contributed by atoms with Crippen LogP contribution in [-0.4, -0.2) is 26.8 Å². The van der Waals surface area contributed by atoms with Crippen LogP contribution in [0.15, 0.2) is 36.0 Å². The Kier molecular flexibility index (Phi) is 3.20. The molecule has 6 heteroatoms. The van der Waals surface area contributed by atoms with Crippen LogP contribution in [0.3, 0.4) is 0 Å². The largest absolute Gasteiger partial charge is 0.545 e. The maximum atomic E-state index is 11.1. The van der Waals surface area contributed by atoms with Crippen LogP contribution in [0.2, 0.25) is 0 Å². The lowest BCUT2D eigenvalue weighted by atomic mass is 10.0. The number of rotatable bonds is 3. The van der Waals surface area contributed by atoms with Crippen LogP contribution in [0.25, 0.3) is 5.65 Å². The summed E-state index contributed by atoms with van der Waals surface area (Å²) in [6, 6.07) is 5.97. The highest BCUT2D eigenvalue weighted by Crippen LogP contribution is 2.29. The number of aromatic nitrogens is 2. The molecule has 1 aliphatic heterocycles. The molecular formula is C16H14N3O2S-. The van der Waals surface area contributed by atoms with Gasteiger partial charge >= 0.3 is 0 Å². The van der Waals surface area contributed by atoms with Crippen molar-refractivity contribution in [2.75, 3.05) is 6.54 Å². The number of nitrogens with zero attached hydrogens (tertiary/aromatic N) is 3. The van der Waals surface area contributed by atoms with Gasteiger partial charge in [-0.15, -0.1) is 11.3 Å². The van der Waals surface area contributed by atoms with E-state index in [4.69, 9.17) is 0 Å². The lowest BCUT2D eigenvalue weighted by Gasteiger charge is -2.27. The molecule has 0 bridgehead atoms. The standard InChI is InChI=1S/C16H15N3O2S/c20-16(21)13-10-22-14-9-18(6-4-12(13)14)8-11-7-17-15-3-1-2-5-19(11)15/h1-3,5,7,10H,4,6,8-9H2,(H,20,21)/p-1. The number of thiophene rings is 1. The number of hydrogen-bond donors (Lipinski definition) is 0. The fraction of sp³-hybridized carbons (Fsp3) is 0.250. The zero-order valence-corrected chi connectivity index (χ0v) is 12.7. The molecule has 0 saturated heterocycles. The Morgan fingerprint density at radius 2 is 2.32 bits per heavy atom. The number of fused-ring (bicyclic) bond motifs is 2. The van der Waals surface area contributed by atoms with E-state index in [0.29, 0.717) is 5.56 Å². The van der Waals surface area contributed by atoms with Gasteiger partial charge in [-0.1, -0.05) is 6.07 Å². The lowest BCUT2D eigenvalue weighted by Crippen LogP contribution is -2.31. The summed E-state index contributed by atoms with van der Waals surface area (Å²) in [5, 5.41) is 12.8. The number of carbonyl (C=O) groups excluding carboxylic acids is 1. The van der Waals surface area contributed by atoms with Crippen molar-refractivity contribution in [3.8, 4) is 0 Å². The van der Waals surface area contributed by atoms with Crippen LogP contribution in [0, 0.1) is 0 Å². The first kappa shape index (κ1) is 13.5. The quantitative estimate of drug-likeness (QED) is 0.732. The molecule has 112 valence electrons. The van der Waals surface area contributed by atoms with Crippen LogP contribution in [0.1, 0.15) is 26.5 Å². The van der Waals surface area contributed by atoms with Gasteiger partial charge in [-0.3, -0.25) is 4.90 Å². The van der Waals surface area contributed by atoms with Gasteiger partial charge in [0, 0.05) is 41.7 Å². The van der Waals surface area contributed by atoms with Crippen molar-refractivity contribution < 1.29 is 9.90 Å². The summed E-state index contributed by atoms with van der Waals surface area (Å²) in [5.41, 5.74) is 3.43. The van der Waals surface area contributed by atoms with Crippen LogP contribution in [0.5, 0.6) is 0 Å². The minimum Gasteiger partial charge on any atom is -0.545 e. The molecule has 0 fully saturated rings. The summed E-state index contributed by atoms with van der Waals surface area (Å²) < 4.78 is 2.09. The van der Waals surface area contributed by atoms with Gasteiger partial charge in [0.1, 0.15) is 5.65 Å². The smallest absolute Gasteiger partial charge is 0.136 e. The van der Waals surface area contributed by atoms with E-state index in [0.717, 1.165) is 47.8 Å². The van der Waals surface area contributed by atoms with E-state index < -0.39 is 5.97 Å². The Hall–Kier alpha value is -2.18. The molecule has 0 spiro atoms. The zero-order valence-electron chi connectivity index (χ0n) is 11.9. The van der Waals surface area contributed by atoms with E-state index in [-0.39, 0.29) is 0 Å². The van der Waals surface area contributed by atoms with Crippen molar-refractivity contribution in [3.05, 3.63) is 57.7 Å². The Morgan fingerprint density at radius 1 is 1.41 bits per heavy atom. The molecule has 3 aromatic rings. The van der Waals surface area contributed by atoms with Crippen molar-refractivity contribution in [1.29, 1.82) is 0 Å².